The van der Waals surface area contributed by atoms with Gasteiger partial charge in [-0.2, -0.15) is 0 Å². The van der Waals surface area contributed by atoms with Crippen LogP contribution in [0, 0.1) is 0 Å². The van der Waals surface area contributed by atoms with E-state index in [0.29, 0.717) is 5.69 Å². The fourth-order valence-corrected chi connectivity index (χ4v) is 4.60. The van der Waals surface area contributed by atoms with Crippen LogP contribution in [0.2, 0.25) is 0 Å². The number of amides is 1. The number of rotatable bonds is 8. The summed E-state index contributed by atoms with van der Waals surface area (Å²) in [5, 5.41) is 6.69. The fourth-order valence-electron chi connectivity index (χ4n) is 2.46. The summed E-state index contributed by atoms with van der Waals surface area (Å²) < 4.78 is 13.2. The van der Waals surface area contributed by atoms with Gasteiger partial charge in [-0.05, 0) is 45.4 Å². The van der Waals surface area contributed by atoms with Gasteiger partial charge >= 0.3 is 0 Å². The van der Waals surface area contributed by atoms with Crippen LogP contribution in [0.5, 0.6) is 0 Å². The molecule has 0 spiro atoms. The number of hydrogen-bond acceptors (Lipinski definition) is 8. The molecule has 1 aliphatic rings. The molecule has 0 radical (unpaired) electrons. The maximum atomic E-state index is 12.2. The number of thiazole rings is 1. The van der Waals surface area contributed by atoms with Gasteiger partial charge in [0.2, 0.25) is 6.10 Å². The molecular weight excluding hydrogens is 398 g/mol. The average Bonchev–Trinajstić information content (AvgIpc) is 3.08. The third-order valence-electron chi connectivity index (χ3n) is 3.87. The molecule has 1 fully saturated rings. The number of thioether (sulfide) groups is 1. The smallest absolute Gasteiger partial charge is 0.267 e. The molecule has 0 aliphatic carbocycles. The molecule has 7 nitrogen and oxygen atoms in total. The van der Waals surface area contributed by atoms with Crippen LogP contribution < -0.4 is 5.32 Å². The van der Waals surface area contributed by atoms with Crippen molar-refractivity contribution in [3.8, 4) is 0 Å². The van der Waals surface area contributed by atoms with Gasteiger partial charge in [0, 0.05) is 17.9 Å². The molecule has 2 aromatic rings. The quantitative estimate of drug-likeness (QED) is 0.388. The number of hydrogen-bond donors (Lipinski definition) is 1. The van der Waals surface area contributed by atoms with E-state index < -0.39 is 6.10 Å². The second-order valence-corrected chi connectivity index (χ2v) is 8.97. The number of carbonyl (C=O) groups is 1. The first kappa shape index (κ1) is 21.0. The zero-order valence-corrected chi connectivity index (χ0v) is 17.9. The Bertz CT molecular complexity index is 830. The Morgan fingerprint density at radius 1 is 1.43 bits per heavy atom. The van der Waals surface area contributed by atoms with E-state index in [4.69, 9.17) is 14.3 Å². The van der Waals surface area contributed by atoms with E-state index in [-0.39, 0.29) is 12.2 Å². The molecule has 2 heterocycles. The van der Waals surface area contributed by atoms with E-state index in [0.717, 1.165) is 52.1 Å². The number of nitrogens with zero attached hydrogens (tertiary/aromatic N) is 2. The SMILES string of the molecule is CC(C)=NOC(C)C(=O)Nc1ccc2nc(SCCC3OCCCO3)sc2c1. The highest BCUT2D eigenvalue weighted by atomic mass is 32.2. The minimum atomic E-state index is -0.664. The summed E-state index contributed by atoms with van der Waals surface area (Å²) in [6.07, 6.45) is 1.06. The number of nitrogens with one attached hydrogen (secondary N) is 1. The Balaban J connectivity index is 1.54. The van der Waals surface area contributed by atoms with Crippen molar-refractivity contribution in [1.82, 2.24) is 4.98 Å². The number of anilines is 1. The molecule has 3 rings (SSSR count). The van der Waals surface area contributed by atoms with E-state index in [1.165, 1.54) is 0 Å². The topological polar surface area (TPSA) is 82.0 Å². The number of oxime groups is 1. The Morgan fingerprint density at radius 2 is 2.21 bits per heavy atom. The molecule has 1 atom stereocenters. The average molecular weight is 424 g/mol. The molecule has 1 saturated heterocycles. The highest BCUT2D eigenvalue weighted by Crippen LogP contribution is 2.32. The molecule has 0 saturated carbocycles. The molecule has 1 N–H and O–H groups in total. The molecule has 28 heavy (non-hydrogen) atoms. The lowest BCUT2D eigenvalue weighted by atomic mass is 10.3. The third-order valence-corrected chi connectivity index (χ3v) is 6.07. The van der Waals surface area contributed by atoms with Crippen molar-refractivity contribution in [2.24, 2.45) is 5.16 Å². The van der Waals surface area contributed by atoms with Crippen LogP contribution in [0.25, 0.3) is 10.2 Å². The lowest BCUT2D eigenvalue weighted by Crippen LogP contribution is -2.26. The Labute approximate surface area is 172 Å². The normalized spacial score (nSPS) is 16.0. The molecule has 1 unspecified atom stereocenters. The summed E-state index contributed by atoms with van der Waals surface area (Å²) in [6, 6.07) is 5.70. The van der Waals surface area contributed by atoms with Gasteiger partial charge < -0.3 is 19.6 Å². The van der Waals surface area contributed by atoms with Crippen LogP contribution in [0.4, 0.5) is 5.69 Å². The summed E-state index contributed by atoms with van der Waals surface area (Å²) in [6.45, 7) is 6.85. The van der Waals surface area contributed by atoms with Crippen molar-refractivity contribution in [3.63, 3.8) is 0 Å². The lowest BCUT2D eigenvalue weighted by Gasteiger charge is -2.22. The standard InChI is InChI=1S/C19H25N3O4S2/c1-12(2)22-26-13(3)18(23)20-14-5-6-15-16(11-14)28-19(21-15)27-10-7-17-24-8-4-9-25-17/h5-6,11,13,17H,4,7-10H2,1-3H3,(H,20,23). The summed E-state index contributed by atoms with van der Waals surface area (Å²) in [4.78, 5) is 22.0. The molecule has 1 aliphatic heterocycles. The van der Waals surface area contributed by atoms with E-state index in [9.17, 15) is 4.79 Å². The van der Waals surface area contributed by atoms with Crippen molar-refractivity contribution < 1.29 is 19.1 Å². The minimum Gasteiger partial charge on any atom is -0.383 e. The first-order valence-electron chi connectivity index (χ1n) is 9.26. The van der Waals surface area contributed by atoms with E-state index in [2.05, 4.69) is 15.5 Å². The maximum Gasteiger partial charge on any atom is 0.267 e. The number of ether oxygens (including phenoxy) is 2. The summed E-state index contributed by atoms with van der Waals surface area (Å²) >= 11 is 3.31. The van der Waals surface area contributed by atoms with Crippen molar-refractivity contribution in [2.45, 2.75) is 50.3 Å². The van der Waals surface area contributed by atoms with Gasteiger partial charge in [-0.1, -0.05) is 16.9 Å². The predicted octanol–water partition coefficient (Wildman–Crippen LogP) is 4.28. The first-order valence-corrected chi connectivity index (χ1v) is 11.1. The Kier molecular flexibility index (Phi) is 7.66. The van der Waals surface area contributed by atoms with Gasteiger partial charge in [-0.15, -0.1) is 11.3 Å². The highest BCUT2D eigenvalue weighted by Gasteiger charge is 2.16. The summed E-state index contributed by atoms with van der Waals surface area (Å²) in [7, 11) is 0. The number of fused-ring (bicyclic) bond motifs is 1. The third kappa shape index (κ3) is 6.16. The Hall–Kier alpha value is -1.68. The molecular formula is C19H25N3O4S2. The summed E-state index contributed by atoms with van der Waals surface area (Å²) in [5.74, 6) is 0.649. The zero-order chi connectivity index (χ0) is 19.9. The monoisotopic (exact) mass is 423 g/mol. The van der Waals surface area contributed by atoms with Gasteiger partial charge in [-0.25, -0.2) is 4.98 Å². The van der Waals surface area contributed by atoms with Crippen molar-refractivity contribution in [1.29, 1.82) is 0 Å². The zero-order valence-electron chi connectivity index (χ0n) is 16.3. The highest BCUT2D eigenvalue weighted by molar-refractivity contribution is 8.01. The lowest BCUT2D eigenvalue weighted by molar-refractivity contribution is -0.178. The second kappa shape index (κ2) is 10.2. The second-order valence-electron chi connectivity index (χ2n) is 6.60. The van der Waals surface area contributed by atoms with Crippen molar-refractivity contribution in [3.05, 3.63) is 18.2 Å². The summed E-state index contributed by atoms with van der Waals surface area (Å²) in [5.41, 5.74) is 2.40. The van der Waals surface area contributed by atoms with E-state index in [1.807, 2.05) is 32.0 Å². The largest absolute Gasteiger partial charge is 0.383 e. The van der Waals surface area contributed by atoms with Crippen LogP contribution >= 0.6 is 23.1 Å². The molecule has 1 aromatic carbocycles. The molecule has 1 amide bonds. The van der Waals surface area contributed by atoms with E-state index in [1.54, 1.807) is 30.0 Å². The van der Waals surface area contributed by atoms with Crippen LogP contribution in [-0.2, 0) is 19.1 Å². The molecule has 0 bridgehead atoms. The fraction of sp³-hybridized carbons (Fsp3) is 0.526. The van der Waals surface area contributed by atoms with Gasteiger partial charge in [-0.3, -0.25) is 4.79 Å². The molecule has 152 valence electrons. The maximum absolute atomic E-state index is 12.2. The number of benzene rings is 1. The number of carbonyl (C=O) groups excluding carboxylic acids is 1. The van der Waals surface area contributed by atoms with E-state index >= 15 is 0 Å². The van der Waals surface area contributed by atoms with Gasteiger partial charge in [0.1, 0.15) is 0 Å². The van der Waals surface area contributed by atoms with Crippen molar-refractivity contribution >= 4 is 50.6 Å². The Morgan fingerprint density at radius 3 is 2.96 bits per heavy atom. The van der Waals surface area contributed by atoms with Crippen molar-refractivity contribution in [2.75, 3.05) is 24.3 Å². The predicted molar refractivity (Wildman–Crippen MR) is 113 cm³/mol. The van der Waals surface area contributed by atoms with Gasteiger partial charge in [0.15, 0.2) is 10.6 Å². The molecule has 1 aromatic heterocycles. The van der Waals surface area contributed by atoms with Gasteiger partial charge in [0.25, 0.3) is 5.91 Å². The van der Waals surface area contributed by atoms with Crippen LogP contribution in [-0.4, -0.2) is 48.0 Å². The van der Waals surface area contributed by atoms with Crippen LogP contribution in [0.15, 0.2) is 27.7 Å². The van der Waals surface area contributed by atoms with Gasteiger partial charge in [0.05, 0.1) is 29.1 Å². The molecule has 9 heteroatoms. The van der Waals surface area contributed by atoms with Crippen LogP contribution in [0.1, 0.15) is 33.6 Å². The minimum absolute atomic E-state index is 0.0949. The first-order chi connectivity index (χ1) is 13.5. The van der Waals surface area contributed by atoms with Crippen LogP contribution in [0.3, 0.4) is 0 Å². The number of aromatic nitrogens is 1.